The Morgan fingerprint density at radius 1 is 1.04 bits per heavy atom. The standard InChI is InChI=1S/C36H42ClFN6O3/c1-23(2)43-15-13-42(14-16-43)17-18-47-31-10-9-29(22-30(31)38)40-35-39-12-11-32(41-35)44(36(45)46)34(27-7-6-8-28(37)21-27)33-25(4)19-24(3)20-26(33)5/h6-12,19-23,34H,13-18H2,1-5H3,(H,45,46)(H,39,40,41). The van der Waals surface area contributed by atoms with Gasteiger partial charge in [0.1, 0.15) is 12.4 Å². The van der Waals surface area contributed by atoms with Gasteiger partial charge in [-0.15, -0.1) is 0 Å². The van der Waals surface area contributed by atoms with Crippen LogP contribution in [-0.4, -0.2) is 76.3 Å². The minimum Gasteiger partial charge on any atom is -0.489 e. The Balaban J connectivity index is 1.34. The summed E-state index contributed by atoms with van der Waals surface area (Å²) in [5, 5.41) is 14.1. The Hall–Kier alpha value is -4.25. The van der Waals surface area contributed by atoms with Crippen LogP contribution in [0.25, 0.3) is 0 Å². The maximum absolute atomic E-state index is 15.1. The molecule has 1 aliphatic heterocycles. The highest BCUT2D eigenvalue weighted by Crippen LogP contribution is 2.37. The topological polar surface area (TPSA) is 94.1 Å². The molecule has 1 aromatic heterocycles. The van der Waals surface area contributed by atoms with Crippen LogP contribution in [0.1, 0.15) is 47.7 Å². The Kier molecular flexibility index (Phi) is 11.0. The van der Waals surface area contributed by atoms with E-state index in [4.69, 9.17) is 16.3 Å². The fraction of sp³-hybridized carbons (Fsp3) is 0.361. The van der Waals surface area contributed by atoms with E-state index >= 15 is 4.39 Å². The molecule has 9 nitrogen and oxygen atoms in total. The van der Waals surface area contributed by atoms with Crippen LogP contribution in [0.3, 0.4) is 0 Å². The minimum absolute atomic E-state index is 0.115. The number of hydrogen-bond donors (Lipinski definition) is 2. The maximum atomic E-state index is 15.1. The first-order chi connectivity index (χ1) is 22.5. The van der Waals surface area contributed by atoms with Crippen LogP contribution in [0.15, 0.2) is 66.9 Å². The van der Waals surface area contributed by atoms with Gasteiger partial charge in [0.2, 0.25) is 5.95 Å². The summed E-state index contributed by atoms with van der Waals surface area (Å²) in [4.78, 5) is 27.8. The normalized spacial score (nSPS) is 14.6. The van der Waals surface area contributed by atoms with E-state index in [9.17, 15) is 9.90 Å². The van der Waals surface area contributed by atoms with Crippen molar-refractivity contribution in [2.24, 2.45) is 0 Å². The molecule has 1 unspecified atom stereocenters. The SMILES string of the molecule is Cc1cc(C)c(C(c2cccc(Cl)c2)N(C(=O)O)c2ccnc(Nc3ccc(OCCN4CCN(C(C)C)CC4)c(F)c3)n2)c(C)c1. The molecule has 1 saturated heterocycles. The molecule has 11 heteroatoms. The predicted molar refractivity (Wildman–Crippen MR) is 185 cm³/mol. The fourth-order valence-corrected chi connectivity index (χ4v) is 6.44. The first-order valence-corrected chi connectivity index (χ1v) is 16.2. The lowest BCUT2D eigenvalue weighted by atomic mass is 9.89. The number of rotatable bonds is 11. The van der Waals surface area contributed by atoms with Crippen LogP contribution < -0.4 is 15.0 Å². The molecule has 2 heterocycles. The van der Waals surface area contributed by atoms with E-state index in [1.54, 1.807) is 30.3 Å². The highest BCUT2D eigenvalue weighted by Gasteiger charge is 2.32. The zero-order valence-electron chi connectivity index (χ0n) is 27.5. The first-order valence-electron chi connectivity index (χ1n) is 15.8. The van der Waals surface area contributed by atoms with Gasteiger partial charge in [-0.1, -0.05) is 41.4 Å². The van der Waals surface area contributed by atoms with Crippen LogP contribution in [0.4, 0.5) is 26.6 Å². The summed E-state index contributed by atoms with van der Waals surface area (Å²) in [6, 6.07) is 17.1. The van der Waals surface area contributed by atoms with E-state index < -0.39 is 18.0 Å². The number of carbonyl (C=O) groups is 1. The summed E-state index contributed by atoms with van der Waals surface area (Å²) < 4.78 is 20.8. The third-order valence-corrected chi connectivity index (χ3v) is 8.75. The largest absolute Gasteiger partial charge is 0.489 e. The number of aryl methyl sites for hydroxylation is 3. The van der Waals surface area contributed by atoms with Gasteiger partial charge in [-0.25, -0.2) is 19.1 Å². The smallest absolute Gasteiger partial charge is 0.413 e. The van der Waals surface area contributed by atoms with E-state index in [1.807, 2.05) is 39.0 Å². The predicted octanol–water partition coefficient (Wildman–Crippen LogP) is 7.62. The molecule has 3 aromatic carbocycles. The average Bonchev–Trinajstić information content (AvgIpc) is 3.01. The molecule has 1 aliphatic rings. The van der Waals surface area contributed by atoms with E-state index in [0.29, 0.717) is 28.9 Å². The van der Waals surface area contributed by atoms with Gasteiger partial charge < -0.3 is 15.2 Å². The van der Waals surface area contributed by atoms with Crippen molar-refractivity contribution in [1.82, 2.24) is 19.8 Å². The van der Waals surface area contributed by atoms with Gasteiger partial charge in [-0.05, 0) is 87.2 Å². The van der Waals surface area contributed by atoms with Crippen molar-refractivity contribution in [3.05, 3.63) is 106 Å². The Morgan fingerprint density at radius 2 is 1.77 bits per heavy atom. The molecule has 47 heavy (non-hydrogen) atoms. The number of hydrogen-bond acceptors (Lipinski definition) is 7. The summed E-state index contributed by atoms with van der Waals surface area (Å²) in [6.07, 6.45) is 0.271. The van der Waals surface area contributed by atoms with Crippen molar-refractivity contribution in [2.75, 3.05) is 49.5 Å². The Bertz CT molecular complexity index is 1690. The molecule has 1 amide bonds. The number of piperazine rings is 1. The highest BCUT2D eigenvalue weighted by atomic mass is 35.5. The van der Waals surface area contributed by atoms with Crippen LogP contribution in [0, 0.1) is 26.6 Å². The van der Waals surface area contributed by atoms with Crippen LogP contribution >= 0.6 is 11.6 Å². The number of ether oxygens (including phenoxy) is 1. The molecule has 0 saturated carbocycles. The number of nitrogens with one attached hydrogen (secondary N) is 1. The van der Waals surface area contributed by atoms with Crippen LogP contribution in [0.2, 0.25) is 5.02 Å². The minimum atomic E-state index is -1.20. The number of nitrogens with zero attached hydrogens (tertiary/aromatic N) is 5. The van der Waals surface area contributed by atoms with E-state index in [-0.39, 0.29) is 17.5 Å². The molecule has 0 aliphatic carbocycles. The first kappa shape index (κ1) is 34.1. The Labute approximate surface area is 281 Å². The molecule has 1 fully saturated rings. The van der Waals surface area contributed by atoms with Gasteiger partial charge in [0, 0.05) is 61.7 Å². The molecule has 4 aromatic rings. The summed E-state index contributed by atoms with van der Waals surface area (Å²) in [7, 11) is 0. The molecule has 0 spiro atoms. The molecular formula is C36H42ClFN6O3. The van der Waals surface area contributed by atoms with Gasteiger partial charge in [-0.2, -0.15) is 4.98 Å². The van der Waals surface area contributed by atoms with Gasteiger partial charge in [0.25, 0.3) is 0 Å². The number of amides is 1. The number of aromatic nitrogens is 2. The molecule has 248 valence electrons. The second-order valence-corrected chi connectivity index (χ2v) is 12.7. The summed E-state index contributed by atoms with van der Waals surface area (Å²) in [5.41, 5.74) is 4.89. The lowest BCUT2D eigenvalue weighted by Gasteiger charge is -2.36. The average molecular weight is 661 g/mol. The van der Waals surface area contributed by atoms with Crippen molar-refractivity contribution >= 4 is 35.1 Å². The van der Waals surface area contributed by atoms with Gasteiger partial charge >= 0.3 is 6.09 Å². The summed E-state index contributed by atoms with van der Waals surface area (Å²) in [5.74, 6) is -0.0934. The quantitative estimate of drug-likeness (QED) is 0.170. The van der Waals surface area contributed by atoms with Gasteiger partial charge in [0.15, 0.2) is 11.6 Å². The van der Waals surface area contributed by atoms with Crippen molar-refractivity contribution in [3.8, 4) is 5.75 Å². The monoisotopic (exact) mass is 660 g/mol. The second-order valence-electron chi connectivity index (χ2n) is 12.3. The lowest BCUT2D eigenvalue weighted by Crippen LogP contribution is -2.49. The number of anilines is 3. The highest BCUT2D eigenvalue weighted by molar-refractivity contribution is 6.30. The van der Waals surface area contributed by atoms with Crippen molar-refractivity contribution in [1.29, 1.82) is 0 Å². The molecule has 0 bridgehead atoms. The molecular weight excluding hydrogens is 619 g/mol. The lowest BCUT2D eigenvalue weighted by molar-refractivity contribution is 0.0965. The van der Waals surface area contributed by atoms with Crippen molar-refractivity contribution in [3.63, 3.8) is 0 Å². The van der Waals surface area contributed by atoms with Gasteiger partial charge in [-0.3, -0.25) is 9.80 Å². The van der Waals surface area contributed by atoms with E-state index in [2.05, 4.69) is 38.9 Å². The third kappa shape index (κ3) is 8.38. The van der Waals surface area contributed by atoms with Crippen molar-refractivity contribution < 1.29 is 19.0 Å². The third-order valence-electron chi connectivity index (χ3n) is 8.52. The molecule has 5 rings (SSSR count). The number of halogens is 2. The summed E-state index contributed by atoms with van der Waals surface area (Å²) in [6.45, 7) is 15.4. The Morgan fingerprint density at radius 3 is 2.40 bits per heavy atom. The number of carboxylic acid groups (broad SMARTS) is 1. The fourth-order valence-electron chi connectivity index (χ4n) is 6.24. The number of benzene rings is 3. The molecule has 1 atom stereocenters. The van der Waals surface area contributed by atoms with Crippen molar-refractivity contribution in [2.45, 2.75) is 46.7 Å². The van der Waals surface area contributed by atoms with E-state index in [0.717, 1.165) is 55.0 Å². The zero-order valence-corrected chi connectivity index (χ0v) is 28.3. The maximum Gasteiger partial charge on any atom is 0.413 e. The zero-order chi connectivity index (χ0) is 33.7. The van der Waals surface area contributed by atoms with Crippen LogP contribution in [0.5, 0.6) is 5.75 Å². The van der Waals surface area contributed by atoms with E-state index in [1.165, 1.54) is 23.2 Å². The molecule has 2 N–H and O–H groups in total. The van der Waals surface area contributed by atoms with Crippen LogP contribution in [-0.2, 0) is 0 Å². The summed E-state index contributed by atoms with van der Waals surface area (Å²) >= 11 is 6.38. The molecule has 0 radical (unpaired) electrons. The van der Waals surface area contributed by atoms with Gasteiger partial charge in [0.05, 0.1) is 6.04 Å². The second kappa shape index (κ2) is 15.1.